The molecule has 0 aromatic carbocycles. The Morgan fingerprint density at radius 1 is 0.745 bits per heavy atom. The van der Waals surface area contributed by atoms with Crippen LogP contribution in [0.5, 0.6) is 0 Å². The molecule has 4 saturated carbocycles. The summed E-state index contributed by atoms with van der Waals surface area (Å²) in [6.45, 7) is 18.1. The number of carbonyl (C=O) groups is 1. The summed E-state index contributed by atoms with van der Waals surface area (Å²) in [5.74, 6) is -0.522. The number of carboxylic acids is 1. The van der Waals surface area contributed by atoms with Gasteiger partial charge in [0.15, 0.2) is 18.7 Å². The maximum absolute atomic E-state index is 12.2. The number of fused-ring (bicyclic) bond motifs is 7. The fourth-order valence-corrected chi connectivity index (χ4v) is 13.7. The highest BCUT2D eigenvalue weighted by Gasteiger charge is 2.69. The van der Waals surface area contributed by atoms with Gasteiger partial charge < -0.3 is 59.8 Å². The van der Waals surface area contributed by atoms with E-state index >= 15 is 0 Å². The third-order valence-electron chi connectivity index (χ3n) is 17.3. The van der Waals surface area contributed by atoms with Gasteiger partial charge in [0.05, 0.1) is 18.8 Å². The lowest BCUT2D eigenvalue weighted by molar-refractivity contribution is -0.374. The first-order chi connectivity index (χ1) is 25.5. The molecule has 55 heavy (non-hydrogen) atoms. The summed E-state index contributed by atoms with van der Waals surface area (Å²) in [7, 11) is 0. The molecule has 0 radical (unpaired) electrons. The normalized spacial score (nSPS) is 54.5. The summed E-state index contributed by atoms with van der Waals surface area (Å²) in [5, 5.41) is 84.6. The summed E-state index contributed by atoms with van der Waals surface area (Å²) in [6, 6.07) is 0. The van der Waals surface area contributed by atoms with E-state index in [2.05, 4.69) is 61.5 Å². The van der Waals surface area contributed by atoms with E-state index in [4.69, 9.17) is 18.9 Å². The van der Waals surface area contributed by atoms with Crippen LogP contribution in [0.2, 0.25) is 0 Å². The highest BCUT2D eigenvalue weighted by atomic mass is 16.8. The summed E-state index contributed by atoms with van der Waals surface area (Å²) in [5.41, 5.74) is 1.09. The van der Waals surface area contributed by atoms with Crippen LogP contribution in [0.25, 0.3) is 0 Å². The zero-order valence-corrected chi connectivity index (χ0v) is 33.9. The van der Waals surface area contributed by atoms with E-state index in [0.29, 0.717) is 18.3 Å². The van der Waals surface area contributed by atoms with E-state index in [0.717, 1.165) is 51.4 Å². The number of aliphatic hydroxyl groups is 7. The van der Waals surface area contributed by atoms with Gasteiger partial charge in [0.1, 0.15) is 42.7 Å². The van der Waals surface area contributed by atoms with Gasteiger partial charge in [-0.25, -0.2) is 4.79 Å². The van der Waals surface area contributed by atoms with Crippen molar-refractivity contribution >= 4 is 5.97 Å². The van der Waals surface area contributed by atoms with Crippen molar-refractivity contribution in [1.29, 1.82) is 0 Å². The molecule has 0 amide bonds. The molecule has 314 valence electrons. The molecule has 19 atom stereocenters. The van der Waals surface area contributed by atoms with Crippen molar-refractivity contribution in [3.05, 3.63) is 11.6 Å². The zero-order chi connectivity index (χ0) is 40.4. The van der Waals surface area contributed by atoms with Crippen LogP contribution in [0.3, 0.4) is 0 Å². The number of carboxylic acid groups (broad SMARTS) is 1. The molecule has 0 aromatic heterocycles. The summed E-state index contributed by atoms with van der Waals surface area (Å²) in [6.07, 6.45) is -6.63. The second-order valence-electron chi connectivity index (χ2n) is 21.0. The fraction of sp³-hybridized carbons (Fsp3) is 0.929. The number of ether oxygens (including phenoxy) is 4. The molecule has 7 rings (SSSR count). The Labute approximate surface area is 325 Å². The quantitative estimate of drug-likeness (QED) is 0.144. The van der Waals surface area contributed by atoms with E-state index in [-0.39, 0.29) is 39.1 Å². The highest BCUT2D eigenvalue weighted by molar-refractivity contribution is 5.73. The molecule has 8 N–H and O–H groups in total. The van der Waals surface area contributed by atoms with Crippen LogP contribution in [0, 0.1) is 50.2 Å². The van der Waals surface area contributed by atoms with Crippen molar-refractivity contribution in [1.82, 2.24) is 0 Å². The van der Waals surface area contributed by atoms with E-state index in [9.17, 15) is 45.6 Å². The molecule has 0 bridgehead atoms. The molecule has 19 unspecified atom stereocenters. The van der Waals surface area contributed by atoms with Crippen LogP contribution in [0.15, 0.2) is 11.6 Å². The van der Waals surface area contributed by atoms with Gasteiger partial charge in [0.25, 0.3) is 0 Å². The minimum absolute atomic E-state index is 0.00638. The first kappa shape index (κ1) is 41.9. The zero-order valence-electron chi connectivity index (χ0n) is 33.9. The van der Waals surface area contributed by atoms with Crippen molar-refractivity contribution in [3.8, 4) is 0 Å². The maximum Gasteiger partial charge on any atom is 0.335 e. The molecule has 13 heteroatoms. The highest BCUT2D eigenvalue weighted by Crippen LogP contribution is 2.76. The molecule has 6 fully saturated rings. The lowest BCUT2D eigenvalue weighted by atomic mass is 9.33. The van der Waals surface area contributed by atoms with Gasteiger partial charge >= 0.3 is 5.97 Å². The van der Waals surface area contributed by atoms with Crippen molar-refractivity contribution in [2.24, 2.45) is 50.2 Å². The van der Waals surface area contributed by atoms with Gasteiger partial charge in [-0.15, -0.1) is 0 Å². The standard InChI is InChI=1S/C42H68O13/c1-37(2)17-21-20-9-10-24-40(6)13-12-26(38(3,4)23(40)11-14-42(24,8)41(20,7)16-15-39(21,5)25(44)18-37)53-36-33(30(48)29(47)32(54-36)34(50)51)55-35-31(49)28(46)27(45)22(19-43)52-35/h9,21-33,35-36,43-49H,10-19H2,1-8H3,(H,50,51). The monoisotopic (exact) mass is 780 g/mol. The van der Waals surface area contributed by atoms with E-state index < -0.39 is 85.5 Å². The molecule has 2 aliphatic heterocycles. The molecular formula is C42H68O13. The Hall–Kier alpha value is -1.23. The van der Waals surface area contributed by atoms with Crippen LogP contribution < -0.4 is 0 Å². The maximum atomic E-state index is 12.2. The summed E-state index contributed by atoms with van der Waals surface area (Å²) in [4.78, 5) is 12.2. The van der Waals surface area contributed by atoms with Crippen molar-refractivity contribution < 1.29 is 64.6 Å². The van der Waals surface area contributed by atoms with E-state index in [1.807, 2.05) is 0 Å². The SMILES string of the molecule is CC1(C)CC(O)C2(C)CCC3(C)C(=CCC4C5(C)CCC(OC6OC(C(=O)O)C(O)C(O)C6OC6OC(CO)C(O)C(O)C6O)C(C)(C)C5CCC43C)C2C1. The van der Waals surface area contributed by atoms with Gasteiger partial charge in [-0.2, -0.15) is 0 Å². The topological polar surface area (TPSA) is 216 Å². The lowest BCUT2D eigenvalue weighted by Gasteiger charge is -2.71. The van der Waals surface area contributed by atoms with Crippen LogP contribution in [0.1, 0.15) is 113 Å². The number of hydrogen-bond donors (Lipinski definition) is 8. The average molecular weight is 781 g/mol. The third kappa shape index (κ3) is 6.23. The van der Waals surface area contributed by atoms with Crippen molar-refractivity contribution in [2.75, 3.05) is 6.61 Å². The Balaban J connectivity index is 1.15. The average Bonchev–Trinajstić information content (AvgIpc) is 3.10. The first-order valence-corrected chi connectivity index (χ1v) is 20.7. The fourth-order valence-electron chi connectivity index (χ4n) is 13.7. The molecule has 0 aromatic rings. The van der Waals surface area contributed by atoms with Crippen LogP contribution in [-0.2, 0) is 23.7 Å². The summed E-state index contributed by atoms with van der Waals surface area (Å²) < 4.78 is 24.0. The smallest absolute Gasteiger partial charge is 0.335 e. The first-order valence-electron chi connectivity index (χ1n) is 20.7. The molecule has 5 aliphatic carbocycles. The minimum Gasteiger partial charge on any atom is -0.479 e. The number of aliphatic hydroxyl groups excluding tert-OH is 7. The van der Waals surface area contributed by atoms with Crippen molar-refractivity contribution in [2.45, 2.75) is 187 Å². The number of allylic oxidation sites excluding steroid dienone is 2. The van der Waals surface area contributed by atoms with Gasteiger partial charge in [-0.3, -0.25) is 0 Å². The van der Waals surface area contributed by atoms with Gasteiger partial charge in [0.2, 0.25) is 0 Å². The van der Waals surface area contributed by atoms with Gasteiger partial charge in [0, 0.05) is 5.41 Å². The van der Waals surface area contributed by atoms with Crippen LogP contribution >= 0.6 is 0 Å². The Kier molecular flexibility index (Phi) is 10.6. The Bertz CT molecular complexity index is 1500. The van der Waals surface area contributed by atoms with Crippen molar-refractivity contribution in [3.63, 3.8) is 0 Å². The number of aliphatic carboxylic acids is 1. The van der Waals surface area contributed by atoms with Gasteiger partial charge in [-0.05, 0) is 103 Å². The molecule has 0 spiro atoms. The second kappa shape index (κ2) is 13.9. The molecule has 2 saturated heterocycles. The van der Waals surface area contributed by atoms with Crippen LogP contribution in [-0.4, -0.2) is 127 Å². The largest absolute Gasteiger partial charge is 0.479 e. The summed E-state index contributed by atoms with van der Waals surface area (Å²) >= 11 is 0. The Morgan fingerprint density at radius 3 is 2.09 bits per heavy atom. The predicted octanol–water partition coefficient (Wildman–Crippen LogP) is 2.88. The van der Waals surface area contributed by atoms with Crippen LogP contribution in [0.4, 0.5) is 0 Å². The predicted molar refractivity (Wildman–Crippen MR) is 198 cm³/mol. The van der Waals surface area contributed by atoms with Gasteiger partial charge in [-0.1, -0.05) is 67.0 Å². The molecule has 13 nitrogen and oxygen atoms in total. The molecule has 7 aliphatic rings. The Morgan fingerprint density at radius 2 is 1.44 bits per heavy atom. The second-order valence-corrected chi connectivity index (χ2v) is 21.0. The number of hydrogen-bond acceptors (Lipinski definition) is 12. The molecular weight excluding hydrogens is 712 g/mol. The van der Waals surface area contributed by atoms with E-state index in [1.165, 1.54) is 0 Å². The lowest BCUT2D eigenvalue weighted by Crippen LogP contribution is -2.67. The third-order valence-corrected chi connectivity index (χ3v) is 17.3. The number of rotatable bonds is 6. The molecule has 2 heterocycles. The van der Waals surface area contributed by atoms with E-state index in [1.54, 1.807) is 5.57 Å². The minimum atomic E-state index is -1.92.